The molecule has 1 heterocycles. The smallest absolute Gasteiger partial charge is 0.224 e. The van der Waals surface area contributed by atoms with Crippen LogP contribution in [0.2, 0.25) is 0 Å². The first-order valence-corrected chi connectivity index (χ1v) is 4.73. The summed E-state index contributed by atoms with van der Waals surface area (Å²) in [4.78, 5) is 11.1. The van der Waals surface area contributed by atoms with E-state index in [0.717, 1.165) is 12.1 Å². The number of allylic oxidation sites excluding steroid dienone is 6. The minimum Gasteiger partial charge on any atom is -0.329 e. The van der Waals surface area contributed by atoms with Gasteiger partial charge in [-0.2, -0.15) is 0 Å². The van der Waals surface area contributed by atoms with Gasteiger partial charge in [-0.1, -0.05) is 18.2 Å². The van der Waals surface area contributed by atoms with E-state index in [-0.39, 0.29) is 5.91 Å². The molecule has 2 atom stereocenters. The van der Waals surface area contributed by atoms with Gasteiger partial charge in [-0.25, -0.2) is 0 Å². The summed E-state index contributed by atoms with van der Waals surface area (Å²) in [6.07, 6.45) is 10.4. The number of hydrogen-bond donors (Lipinski definition) is 1. The van der Waals surface area contributed by atoms with Crippen molar-refractivity contribution in [1.29, 1.82) is 0 Å². The molecular formula is C11H11NO. The first-order chi connectivity index (χ1) is 6.34. The van der Waals surface area contributed by atoms with Crippen LogP contribution in [-0.4, -0.2) is 5.91 Å². The van der Waals surface area contributed by atoms with E-state index in [1.54, 1.807) is 0 Å². The fourth-order valence-electron chi connectivity index (χ4n) is 2.51. The van der Waals surface area contributed by atoms with Crippen molar-refractivity contribution in [3.63, 3.8) is 0 Å². The van der Waals surface area contributed by atoms with Crippen molar-refractivity contribution in [2.24, 2.45) is 11.8 Å². The molecule has 0 radical (unpaired) electrons. The Labute approximate surface area is 77.0 Å². The summed E-state index contributed by atoms with van der Waals surface area (Å²) in [5.74, 6) is 1.20. The predicted octanol–water partition coefficient (Wildman–Crippen LogP) is 1.52. The van der Waals surface area contributed by atoms with Crippen LogP contribution in [0.5, 0.6) is 0 Å². The van der Waals surface area contributed by atoms with E-state index >= 15 is 0 Å². The Kier molecular flexibility index (Phi) is 1.29. The third-order valence-electron chi connectivity index (χ3n) is 3.14. The average molecular weight is 173 g/mol. The SMILES string of the molecule is O=C1CC2C(=CC3=CC=CCC32)N1. The van der Waals surface area contributed by atoms with Crippen molar-refractivity contribution in [3.05, 3.63) is 35.6 Å². The van der Waals surface area contributed by atoms with Crippen LogP contribution in [0.4, 0.5) is 0 Å². The molecule has 0 spiro atoms. The second-order valence-electron chi connectivity index (χ2n) is 3.90. The van der Waals surface area contributed by atoms with Gasteiger partial charge in [0.15, 0.2) is 0 Å². The van der Waals surface area contributed by atoms with Gasteiger partial charge in [-0.05, 0) is 24.0 Å². The van der Waals surface area contributed by atoms with Crippen LogP contribution in [0.25, 0.3) is 0 Å². The average Bonchev–Trinajstić information content (AvgIpc) is 2.60. The Hall–Kier alpha value is -1.31. The second kappa shape index (κ2) is 2.34. The zero-order valence-corrected chi connectivity index (χ0v) is 7.29. The van der Waals surface area contributed by atoms with Crippen LogP contribution < -0.4 is 5.32 Å². The highest BCUT2D eigenvalue weighted by Crippen LogP contribution is 2.43. The number of fused-ring (bicyclic) bond motifs is 3. The van der Waals surface area contributed by atoms with Crippen molar-refractivity contribution in [1.82, 2.24) is 5.32 Å². The Balaban J connectivity index is 2.01. The number of nitrogens with one attached hydrogen (secondary N) is 1. The zero-order chi connectivity index (χ0) is 8.84. The van der Waals surface area contributed by atoms with Gasteiger partial charge >= 0.3 is 0 Å². The molecule has 13 heavy (non-hydrogen) atoms. The molecule has 1 amide bonds. The van der Waals surface area contributed by atoms with E-state index in [0.29, 0.717) is 18.3 Å². The first-order valence-electron chi connectivity index (χ1n) is 4.73. The Bertz CT molecular complexity index is 362. The van der Waals surface area contributed by atoms with Crippen molar-refractivity contribution < 1.29 is 4.79 Å². The quantitative estimate of drug-likeness (QED) is 0.591. The minimum atomic E-state index is 0.185. The van der Waals surface area contributed by atoms with Crippen molar-refractivity contribution in [2.75, 3.05) is 0 Å². The highest BCUT2D eigenvalue weighted by atomic mass is 16.1. The molecule has 3 aliphatic rings. The van der Waals surface area contributed by atoms with Crippen molar-refractivity contribution in [2.45, 2.75) is 12.8 Å². The van der Waals surface area contributed by atoms with Crippen molar-refractivity contribution in [3.8, 4) is 0 Å². The standard InChI is InChI=1S/C11H11NO/c13-11-6-9-8-4-2-1-3-7(8)5-10(9)12-11/h1-3,5,8-9H,4,6H2,(H,12,13). The lowest BCUT2D eigenvalue weighted by atomic mass is 9.85. The van der Waals surface area contributed by atoms with E-state index in [4.69, 9.17) is 0 Å². The van der Waals surface area contributed by atoms with Crippen LogP contribution >= 0.6 is 0 Å². The predicted molar refractivity (Wildman–Crippen MR) is 49.7 cm³/mol. The Morgan fingerprint density at radius 1 is 1.38 bits per heavy atom. The summed E-state index contributed by atoms with van der Waals surface area (Å²) in [5, 5.41) is 2.93. The molecule has 2 heteroatoms. The lowest BCUT2D eigenvalue weighted by Crippen LogP contribution is -2.11. The molecule has 2 aliphatic carbocycles. The number of amides is 1. The number of carbonyl (C=O) groups excluding carboxylic acids is 1. The van der Waals surface area contributed by atoms with E-state index in [2.05, 4.69) is 29.6 Å². The molecule has 66 valence electrons. The van der Waals surface area contributed by atoms with Gasteiger partial charge in [-0.3, -0.25) is 4.79 Å². The Morgan fingerprint density at radius 3 is 3.23 bits per heavy atom. The summed E-state index contributed by atoms with van der Waals surface area (Å²) in [6, 6.07) is 0. The summed E-state index contributed by atoms with van der Waals surface area (Å²) >= 11 is 0. The highest BCUT2D eigenvalue weighted by Gasteiger charge is 2.39. The topological polar surface area (TPSA) is 29.1 Å². The van der Waals surface area contributed by atoms with E-state index in [9.17, 15) is 4.79 Å². The molecule has 3 rings (SSSR count). The fourth-order valence-corrected chi connectivity index (χ4v) is 2.51. The van der Waals surface area contributed by atoms with E-state index in [1.807, 2.05) is 0 Å². The van der Waals surface area contributed by atoms with Gasteiger partial charge < -0.3 is 5.32 Å². The largest absolute Gasteiger partial charge is 0.329 e. The third-order valence-corrected chi connectivity index (χ3v) is 3.14. The second-order valence-corrected chi connectivity index (χ2v) is 3.90. The van der Waals surface area contributed by atoms with Crippen LogP contribution in [-0.2, 0) is 4.79 Å². The maximum absolute atomic E-state index is 11.1. The summed E-state index contributed by atoms with van der Waals surface area (Å²) in [7, 11) is 0. The fraction of sp³-hybridized carbons (Fsp3) is 0.364. The maximum Gasteiger partial charge on any atom is 0.224 e. The molecule has 2 nitrogen and oxygen atoms in total. The number of rotatable bonds is 0. The zero-order valence-electron chi connectivity index (χ0n) is 7.29. The molecule has 0 bridgehead atoms. The van der Waals surface area contributed by atoms with Gasteiger partial charge in [0.1, 0.15) is 0 Å². The van der Waals surface area contributed by atoms with Gasteiger partial charge in [-0.15, -0.1) is 0 Å². The van der Waals surface area contributed by atoms with E-state index < -0.39 is 0 Å². The lowest BCUT2D eigenvalue weighted by molar-refractivity contribution is -0.119. The van der Waals surface area contributed by atoms with Crippen LogP contribution in [0, 0.1) is 11.8 Å². The molecule has 2 unspecified atom stereocenters. The normalized spacial score (nSPS) is 34.9. The Morgan fingerprint density at radius 2 is 2.31 bits per heavy atom. The number of hydrogen-bond acceptors (Lipinski definition) is 1. The van der Waals surface area contributed by atoms with E-state index in [1.165, 1.54) is 5.57 Å². The number of carbonyl (C=O) groups is 1. The molecule has 1 fully saturated rings. The van der Waals surface area contributed by atoms with Crippen molar-refractivity contribution >= 4 is 5.91 Å². The van der Waals surface area contributed by atoms with Crippen LogP contribution in [0.15, 0.2) is 35.6 Å². The molecule has 0 aromatic heterocycles. The molecule has 1 aliphatic heterocycles. The molecule has 1 saturated heterocycles. The molecular weight excluding hydrogens is 162 g/mol. The third kappa shape index (κ3) is 0.916. The summed E-state index contributed by atoms with van der Waals surface area (Å²) in [5.41, 5.74) is 2.53. The summed E-state index contributed by atoms with van der Waals surface area (Å²) in [6.45, 7) is 0. The molecule has 0 aromatic rings. The molecule has 1 N–H and O–H groups in total. The first kappa shape index (κ1) is 7.13. The van der Waals surface area contributed by atoms with Gasteiger partial charge in [0, 0.05) is 18.0 Å². The summed E-state index contributed by atoms with van der Waals surface area (Å²) < 4.78 is 0. The van der Waals surface area contributed by atoms with Crippen LogP contribution in [0.1, 0.15) is 12.8 Å². The molecule has 0 aromatic carbocycles. The van der Waals surface area contributed by atoms with Gasteiger partial charge in [0.25, 0.3) is 0 Å². The van der Waals surface area contributed by atoms with Crippen LogP contribution in [0.3, 0.4) is 0 Å². The monoisotopic (exact) mass is 173 g/mol. The van der Waals surface area contributed by atoms with Gasteiger partial charge in [0.05, 0.1) is 0 Å². The maximum atomic E-state index is 11.1. The lowest BCUT2D eigenvalue weighted by Gasteiger charge is -2.18. The highest BCUT2D eigenvalue weighted by molar-refractivity contribution is 5.83. The minimum absolute atomic E-state index is 0.185. The van der Waals surface area contributed by atoms with Gasteiger partial charge in [0.2, 0.25) is 5.91 Å². The molecule has 0 saturated carbocycles.